The maximum atomic E-state index is 9.55. The van der Waals surface area contributed by atoms with E-state index in [4.69, 9.17) is 31.2 Å². The second kappa shape index (κ2) is 18.0. The Labute approximate surface area is 230 Å². The molecule has 0 saturated heterocycles. The molecule has 0 aliphatic carbocycles. The first-order valence-electron chi connectivity index (χ1n) is 11.7. The van der Waals surface area contributed by atoms with Crippen molar-refractivity contribution in [2.75, 3.05) is 11.5 Å². The number of amidine groups is 2. The predicted molar refractivity (Wildman–Crippen MR) is 152 cm³/mol. The second-order valence-corrected chi connectivity index (χ2v) is 9.95. The topological polar surface area (TPSA) is 170 Å². The van der Waals surface area contributed by atoms with Gasteiger partial charge in [0.2, 0.25) is 0 Å². The molecule has 0 fully saturated rings. The quantitative estimate of drug-likeness (QED) is 0.349. The van der Waals surface area contributed by atoms with Crippen molar-refractivity contribution in [2.45, 2.75) is 38.5 Å². The van der Waals surface area contributed by atoms with Crippen molar-refractivity contribution in [3.63, 3.8) is 0 Å². The molecule has 2 heterocycles. The number of ether oxygens (including phenoxy) is 2. The van der Waals surface area contributed by atoms with E-state index in [1.807, 2.05) is 60.7 Å². The number of carboxylic acid groups (broad SMARTS) is 2. The first-order chi connectivity index (χ1) is 18.3. The number of benzene rings is 2. The SMILES string of the molecule is NC1=NC(OCc2ccccc2)CCS1.NC1=NC(OCc2ccccc2)CCS1.O=C(O)C=CC(=O)O. The van der Waals surface area contributed by atoms with Crippen LogP contribution in [-0.4, -0.2) is 56.4 Å². The van der Waals surface area contributed by atoms with Gasteiger partial charge in [-0.25, -0.2) is 19.6 Å². The van der Waals surface area contributed by atoms with E-state index in [0.717, 1.165) is 24.3 Å². The number of aliphatic carboxylic acids is 2. The number of nitrogens with zero attached hydrogens (tertiary/aromatic N) is 2. The van der Waals surface area contributed by atoms with Gasteiger partial charge in [-0.2, -0.15) is 0 Å². The summed E-state index contributed by atoms with van der Waals surface area (Å²) in [7, 11) is 0. The van der Waals surface area contributed by atoms with Crippen molar-refractivity contribution in [1.82, 2.24) is 0 Å². The molecule has 6 N–H and O–H groups in total. The minimum absolute atomic E-state index is 0.0635. The lowest BCUT2D eigenvalue weighted by molar-refractivity contribution is -0.134. The van der Waals surface area contributed by atoms with Gasteiger partial charge in [-0.15, -0.1) is 0 Å². The molecule has 0 bridgehead atoms. The van der Waals surface area contributed by atoms with Crippen LogP contribution in [0.3, 0.4) is 0 Å². The monoisotopic (exact) mass is 560 g/mol. The summed E-state index contributed by atoms with van der Waals surface area (Å²) in [6, 6.07) is 20.2. The van der Waals surface area contributed by atoms with Crippen molar-refractivity contribution in [3.05, 3.63) is 83.9 Å². The van der Waals surface area contributed by atoms with Crippen LogP contribution in [0.5, 0.6) is 0 Å². The van der Waals surface area contributed by atoms with Crippen LogP contribution in [0.1, 0.15) is 24.0 Å². The molecule has 0 aromatic heterocycles. The molecule has 4 rings (SSSR count). The Morgan fingerprint density at radius 1 is 0.763 bits per heavy atom. The largest absolute Gasteiger partial charge is 0.478 e. The predicted octanol–water partition coefficient (Wildman–Crippen LogP) is 3.67. The van der Waals surface area contributed by atoms with Gasteiger partial charge in [-0.3, -0.25) is 0 Å². The standard InChI is InChI=1S/2C11H14N2OS.C4H4O4/c2*12-11-13-10(6-7-15-11)14-8-9-4-2-1-3-5-9;5-3(6)1-2-4(7)8/h2*1-5,10H,6-8H2,(H2,12,13);1-2H,(H,5,6)(H,7,8). The van der Waals surface area contributed by atoms with Crippen LogP contribution in [0.15, 0.2) is 82.8 Å². The van der Waals surface area contributed by atoms with Crippen molar-refractivity contribution >= 4 is 45.8 Å². The van der Waals surface area contributed by atoms with E-state index in [0.29, 0.717) is 35.7 Å². The Balaban J connectivity index is 0.000000211. The fourth-order valence-corrected chi connectivity index (χ4v) is 4.37. The number of thioether (sulfide) groups is 2. The van der Waals surface area contributed by atoms with Crippen molar-refractivity contribution < 1.29 is 29.3 Å². The summed E-state index contributed by atoms with van der Waals surface area (Å²) < 4.78 is 11.3. The third-order valence-corrected chi connectivity index (χ3v) is 6.39. The number of nitrogens with two attached hydrogens (primary N) is 2. The van der Waals surface area contributed by atoms with Crippen LogP contribution in [0.4, 0.5) is 0 Å². The van der Waals surface area contributed by atoms with Crippen LogP contribution in [-0.2, 0) is 32.3 Å². The van der Waals surface area contributed by atoms with Crippen LogP contribution in [0, 0.1) is 0 Å². The Bertz CT molecular complexity index is 998. The van der Waals surface area contributed by atoms with Gasteiger partial charge in [0, 0.05) is 36.5 Å². The molecule has 0 saturated carbocycles. The van der Waals surface area contributed by atoms with Gasteiger partial charge < -0.3 is 31.2 Å². The van der Waals surface area contributed by atoms with Gasteiger partial charge in [-0.05, 0) is 11.1 Å². The van der Waals surface area contributed by atoms with Crippen LogP contribution < -0.4 is 11.5 Å². The van der Waals surface area contributed by atoms with E-state index < -0.39 is 11.9 Å². The van der Waals surface area contributed by atoms with Gasteiger partial charge in [-0.1, -0.05) is 84.2 Å². The second-order valence-electron chi connectivity index (χ2n) is 7.72. The Morgan fingerprint density at radius 2 is 1.13 bits per heavy atom. The van der Waals surface area contributed by atoms with E-state index in [2.05, 4.69) is 9.98 Å². The molecule has 2 aliphatic heterocycles. The maximum absolute atomic E-state index is 9.55. The summed E-state index contributed by atoms with van der Waals surface area (Å²) in [5.41, 5.74) is 13.6. The number of carbonyl (C=O) groups is 2. The molecule has 10 nitrogen and oxygen atoms in total. The average molecular weight is 561 g/mol. The highest BCUT2D eigenvalue weighted by atomic mass is 32.2. The lowest BCUT2D eigenvalue weighted by atomic mass is 10.2. The molecular weight excluding hydrogens is 528 g/mol. The fourth-order valence-electron chi connectivity index (χ4n) is 2.93. The molecule has 12 heteroatoms. The number of hydrogen-bond donors (Lipinski definition) is 4. The molecule has 0 spiro atoms. The van der Waals surface area contributed by atoms with Gasteiger partial charge >= 0.3 is 11.9 Å². The summed E-state index contributed by atoms with van der Waals surface area (Å²) in [6.07, 6.45) is 2.87. The zero-order valence-corrected chi connectivity index (χ0v) is 22.4. The smallest absolute Gasteiger partial charge is 0.328 e. The highest BCUT2D eigenvalue weighted by molar-refractivity contribution is 8.14. The highest BCUT2D eigenvalue weighted by Gasteiger charge is 2.14. The molecule has 2 atom stereocenters. The molecule has 2 aliphatic rings. The summed E-state index contributed by atoms with van der Waals surface area (Å²) in [5.74, 6) is -0.524. The number of rotatable bonds is 8. The summed E-state index contributed by atoms with van der Waals surface area (Å²) in [6.45, 7) is 1.21. The summed E-state index contributed by atoms with van der Waals surface area (Å²) in [4.78, 5) is 27.6. The minimum atomic E-state index is -1.26. The van der Waals surface area contributed by atoms with E-state index in [9.17, 15) is 9.59 Å². The molecule has 0 amide bonds. The summed E-state index contributed by atoms with van der Waals surface area (Å²) >= 11 is 3.18. The van der Waals surface area contributed by atoms with Crippen molar-refractivity contribution in [3.8, 4) is 0 Å². The Morgan fingerprint density at radius 3 is 1.45 bits per heavy atom. The van der Waals surface area contributed by atoms with E-state index in [-0.39, 0.29) is 12.5 Å². The molecule has 38 heavy (non-hydrogen) atoms. The lowest BCUT2D eigenvalue weighted by Gasteiger charge is -2.18. The molecule has 0 radical (unpaired) electrons. The van der Waals surface area contributed by atoms with E-state index in [1.165, 1.54) is 11.1 Å². The lowest BCUT2D eigenvalue weighted by Crippen LogP contribution is -2.22. The molecule has 2 aromatic carbocycles. The molecular formula is C26H32N4O6S2. The van der Waals surface area contributed by atoms with E-state index in [1.54, 1.807) is 23.5 Å². The van der Waals surface area contributed by atoms with Crippen LogP contribution >= 0.6 is 23.5 Å². The maximum Gasteiger partial charge on any atom is 0.328 e. The van der Waals surface area contributed by atoms with Gasteiger partial charge in [0.05, 0.1) is 13.2 Å². The van der Waals surface area contributed by atoms with E-state index >= 15 is 0 Å². The van der Waals surface area contributed by atoms with Gasteiger partial charge in [0.25, 0.3) is 0 Å². The Kier molecular flexibility index (Phi) is 14.7. The van der Waals surface area contributed by atoms with Crippen molar-refractivity contribution in [2.24, 2.45) is 21.5 Å². The van der Waals surface area contributed by atoms with Crippen LogP contribution in [0.2, 0.25) is 0 Å². The molecule has 204 valence electrons. The normalized spacial score (nSPS) is 18.6. The third-order valence-electron chi connectivity index (χ3n) is 4.71. The minimum Gasteiger partial charge on any atom is -0.478 e. The van der Waals surface area contributed by atoms with Crippen LogP contribution in [0.25, 0.3) is 0 Å². The molecule has 2 aromatic rings. The first kappa shape index (κ1) is 30.9. The van der Waals surface area contributed by atoms with Gasteiger partial charge in [0.15, 0.2) is 22.8 Å². The highest BCUT2D eigenvalue weighted by Crippen LogP contribution is 2.18. The number of carboxylic acids is 2. The zero-order chi connectivity index (χ0) is 27.6. The average Bonchev–Trinajstić information content (AvgIpc) is 2.92. The molecule has 2 unspecified atom stereocenters. The van der Waals surface area contributed by atoms with Gasteiger partial charge in [0.1, 0.15) is 0 Å². The van der Waals surface area contributed by atoms with Crippen molar-refractivity contribution in [1.29, 1.82) is 0 Å². The summed E-state index contributed by atoms with van der Waals surface area (Å²) in [5, 5.41) is 16.9. The fraction of sp³-hybridized carbons (Fsp3) is 0.308. The zero-order valence-electron chi connectivity index (χ0n) is 20.7. The number of hydrogen-bond acceptors (Lipinski definition) is 10. The Hall–Kier alpha value is -3.32. The number of aliphatic imine (C=N–C) groups is 2. The first-order valence-corrected chi connectivity index (χ1v) is 13.7. The third kappa shape index (κ3) is 14.4.